The third kappa shape index (κ3) is 2.04. The van der Waals surface area contributed by atoms with Crippen LogP contribution < -0.4 is 0 Å². The topological polar surface area (TPSA) is 33.1 Å². The van der Waals surface area contributed by atoms with Gasteiger partial charge in [0.05, 0.1) is 10.2 Å². The third-order valence-corrected chi connectivity index (χ3v) is 5.18. The van der Waals surface area contributed by atoms with Crippen molar-refractivity contribution >= 4 is 48.8 Å². The molecule has 0 amide bonds. The number of nitrogens with zero attached hydrogens (tertiary/aromatic N) is 1. The maximum atomic E-state index is 10.3. The van der Waals surface area contributed by atoms with Crippen LogP contribution in [-0.4, -0.2) is 10.1 Å². The van der Waals surface area contributed by atoms with E-state index in [1.54, 1.807) is 28.9 Å². The monoisotopic (exact) mass is 325 g/mol. The Hall–Kier alpha value is -0.750. The van der Waals surface area contributed by atoms with Crippen LogP contribution in [0.25, 0.3) is 10.2 Å². The minimum absolute atomic E-state index is 0.616. The van der Waals surface area contributed by atoms with E-state index in [0.29, 0.717) is 0 Å². The molecule has 0 aliphatic rings. The number of thiophene rings is 2. The van der Waals surface area contributed by atoms with Gasteiger partial charge < -0.3 is 5.11 Å². The van der Waals surface area contributed by atoms with Crippen molar-refractivity contribution in [3.05, 3.63) is 50.1 Å². The maximum Gasteiger partial charge on any atom is 0.107 e. The highest BCUT2D eigenvalue weighted by Crippen LogP contribution is 2.32. The van der Waals surface area contributed by atoms with E-state index in [1.165, 1.54) is 0 Å². The van der Waals surface area contributed by atoms with Gasteiger partial charge in [-0.25, -0.2) is 0 Å². The predicted octanol–water partition coefficient (Wildman–Crippen LogP) is 4.20. The molecule has 0 radical (unpaired) electrons. The van der Waals surface area contributed by atoms with E-state index < -0.39 is 6.10 Å². The van der Waals surface area contributed by atoms with Crippen molar-refractivity contribution in [1.29, 1.82) is 0 Å². The first-order valence-electron chi connectivity index (χ1n) is 4.98. The Bertz CT molecular complexity index is 661. The lowest BCUT2D eigenvalue weighted by Gasteiger charge is -2.09. The molecular weight excluding hydrogens is 318 g/mol. The number of rotatable bonds is 2. The fourth-order valence-electron chi connectivity index (χ4n) is 1.68. The standard InChI is InChI=1S/C12H8BrNOS2/c13-9-6-16-5-8(9)12(15)7-3-11-10(14-4-7)1-2-17-11/h1-6,12,15H. The van der Waals surface area contributed by atoms with Gasteiger partial charge in [0.25, 0.3) is 0 Å². The van der Waals surface area contributed by atoms with Crippen molar-refractivity contribution in [3.8, 4) is 0 Å². The van der Waals surface area contributed by atoms with Gasteiger partial charge in [0.1, 0.15) is 6.10 Å². The van der Waals surface area contributed by atoms with E-state index in [1.807, 2.05) is 28.3 Å². The van der Waals surface area contributed by atoms with Gasteiger partial charge >= 0.3 is 0 Å². The Kier molecular flexibility index (Phi) is 3.00. The zero-order valence-electron chi connectivity index (χ0n) is 8.63. The second-order valence-electron chi connectivity index (χ2n) is 3.65. The highest BCUT2D eigenvalue weighted by molar-refractivity contribution is 9.10. The molecule has 3 aromatic rings. The van der Waals surface area contributed by atoms with E-state index in [4.69, 9.17) is 0 Å². The first-order valence-corrected chi connectivity index (χ1v) is 7.60. The summed E-state index contributed by atoms with van der Waals surface area (Å²) < 4.78 is 2.05. The molecule has 0 aliphatic carbocycles. The second kappa shape index (κ2) is 4.49. The minimum atomic E-state index is -0.616. The molecule has 0 aliphatic heterocycles. The largest absolute Gasteiger partial charge is 0.384 e. The summed E-state index contributed by atoms with van der Waals surface area (Å²) in [5.41, 5.74) is 2.71. The Balaban J connectivity index is 2.06. The lowest BCUT2D eigenvalue weighted by Crippen LogP contribution is -1.99. The van der Waals surface area contributed by atoms with E-state index >= 15 is 0 Å². The Labute approximate surface area is 115 Å². The number of fused-ring (bicyclic) bond motifs is 1. The van der Waals surface area contributed by atoms with Gasteiger partial charge in [-0.3, -0.25) is 4.98 Å². The van der Waals surface area contributed by atoms with Gasteiger partial charge in [0.2, 0.25) is 0 Å². The molecule has 0 saturated carbocycles. The van der Waals surface area contributed by atoms with Gasteiger partial charge in [-0.15, -0.1) is 11.3 Å². The first kappa shape index (κ1) is 11.3. The SMILES string of the molecule is OC(c1cnc2ccsc2c1)c1cscc1Br. The average Bonchev–Trinajstić information content (AvgIpc) is 2.95. The molecule has 0 aromatic carbocycles. The van der Waals surface area contributed by atoms with Crippen LogP contribution in [0.15, 0.2) is 38.9 Å². The highest BCUT2D eigenvalue weighted by atomic mass is 79.9. The number of hydrogen-bond acceptors (Lipinski definition) is 4. The molecule has 0 fully saturated rings. The van der Waals surface area contributed by atoms with Gasteiger partial charge in [0, 0.05) is 27.2 Å². The van der Waals surface area contributed by atoms with Crippen molar-refractivity contribution in [2.45, 2.75) is 6.10 Å². The average molecular weight is 326 g/mol. The van der Waals surface area contributed by atoms with E-state index in [9.17, 15) is 5.11 Å². The number of pyridine rings is 1. The molecule has 0 saturated heterocycles. The van der Waals surface area contributed by atoms with Crippen molar-refractivity contribution in [2.75, 3.05) is 0 Å². The predicted molar refractivity (Wildman–Crippen MR) is 75.7 cm³/mol. The zero-order chi connectivity index (χ0) is 11.8. The van der Waals surface area contributed by atoms with E-state index in [0.717, 1.165) is 25.8 Å². The van der Waals surface area contributed by atoms with Crippen molar-refractivity contribution in [1.82, 2.24) is 4.98 Å². The van der Waals surface area contributed by atoms with Crippen LogP contribution in [0.3, 0.4) is 0 Å². The summed E-state index contributed by atoms with van der Waals surface area (Å²) in [6.45, 7) is 0. The summed E-state index contributed by atoms with van der Waals surface area (Å²) in [5, 5.41) is 16.2. The Morgan fingerprint density at radius 2 is 2.24 bits per heavy atom. The van der Waals surface area contributed by atoms with Gasteiger partial charge in [0.15, 0.2) is 0 Å². The van der Waals surface area contributed by atoms with Crippen LogP contribution in [0.4, 0.5) is 0 Å². The first-order chi connectivity index (χ1) is 8.25. The van der Waals surface area contributed by atoms with Crippen LogP contribution in [0, 0.1) is 0 Å². The van der Waals surface area contributed by atoms with Crippen LogP contribution in [0.5, 0.6) is 0 Å². The summed E-state index contributed by atoms with van der Waals surface area (Å²) in [5.74, 6) is 0. The maximum absolute atomic E-state index is 10.3. The molecule has 86 valence electrons. The van der Waals surface area contributed by atoms with Gasteiger partial charge in [-0.1, -0.05) is 0 Å². The Morgan fingerprint density at radius 3 is 3.00 bits per heavy atom. The smallest absolute Gasteiger partial charge is 0.107 e. The molecular formula is C12H8BrNOS2. The van der Waals surface area contributed by atoms with Crippen LogP contribution in [-0.2, 0) is 0 Å². The number of hydrogen-bond donors (Lipinski definition) is 1. The minimum Gasteiger partial charge on any atom is -0.384 e. The molecule has 0 spiro atoms. The Morgan fingerprint density at radius 1 is 1.35 bits per heavy atom. The summed E-state index contributed by atoms with van der Waals surface area (Å²) in [7, 11) is 0. The van der Waals surface area contributed by atoms with Crippen LogP contribution >= 0.6 is 38.6 Å². The van der Waals surface area contributed by atoms with E-state index in [2.05, 4.69) is 20.9 Å². The number of aliphatic hydroxyl groups excluding tert-OH is 1. The highest BCUT2D eigenvalue weighted by Gasteiger charge is 2.15. The van der Waals surface area contributed by atoms with Crippen LogP contribution in [0.1, 0.15) is 17.2 Å². The summed E-state index contributed by atoms with van der Waals surface area (Å²) in [6.07, 6.45) is 1.12. The molecule has 3 aromatic heterocycles. The number of aromatic nitrogens is 1. The molecule has 5 heteroatoms. The second-order valence-corrected chi connectivity index (χ2v) is 6.20. The van der Waals surface area contributed by atoms with Gasteiger partial charge in [-0.2, -0.15) is 11.3 Å². The lowest BCUT2D eigenvalue weighted by atomic mass is 10.1. The molecule has 3 rings (SSSR count). The van der Waals surface area contributed by atoms with Crippen LogP contribution in [0.2, 0.25) is 0 Å². The molecule has 1 unspecified atom stereocenters. The zero-order valence-corrected chi connectivity index (χ0v) is 11.8. The molecule has 1 atom stereocenters. The molecule has 0 bridgehead atoms. The van der Waals surface area contributed by atoms with Crippen molar-refractivity contribution in [2.24, 2.45) is 0 Å². The molecule has 2 nitrogen and oxygen atoms in total. The quantitative estimate of drug-likeness (QED) is 0.765. The van der Waals surface area contributed by atoms with E-state index in [-0.39, 0.29) is 0 Å². The fraction of sp³-hybridized carbons (Fsp3) is 0.0833. The summed E-state index contributed by atoms with van der Waals surface area (Å²) >= 11 is 6.65. The fourth-order valence-corrected chi connectivity index (χ4v) is 4.00. The molecule has 17 heavy (non-hydrogen) atoms. The van der Waals surface area contributed by atoms with Gasteiger partial charge in [-0.05, 0) is 38.8 Å². The van der Waals surface area contributed by atoms with Crippen molar-refractivity contribution < 1.29 is 5.11 Å². The molecule has 3 heterocycles. The van der Waals surface area contributed by atoms with Crippen molar-refractivity contribution in [3.63, 3.8) is 0 Å². The number of aliphatic hydroxyl groups is 1. The third-order valence-electron chi connectivity index (χ3n) is 2.58. The lowest BCUT2D eigenvalue weighted by molar-refractivity contribution is 0.220. The normalized spacial score (nSPS) is 13.1. The summed E-state index contributed by atoms with van der Waals surface area (Å²) in [4.78, 5) is 4.34. The summed E-state index contributed by atoms with van der Waals surface area (Å²) in [6, 6.07) is 3.98. The number of halogens is 1. The molecule has 1 N–H and O–H groups in total.